The van der Waals surface area contributed by atoms with E-state index in [1.54, 1.807) is 13.8 Å². The maximum Gasteiger partial charge on any atom is 0.306 e. The smallest absolute Gasteiger partial charge is 0.306 e. The first-order valence-corrected chi connectivity index (χ1v) is 5.07. The molecule has 0 saturated carbocycles. The van der Waals surface area contributed by atoms with Gasteiger partial charge in [0.25, 0.3) is 0 Å². The number of rotatable bonds is 4. The molecule has 15 heavy (non-hydrogen) atoms. The predicted octanol–water partition coefficient (Wildman–Crippen LogP) is 0.252. The van der Waals surface area contributed by atoms with Crippen molar-refractivity contribution in [2.75, 3.05) is 6.61 Å². The predicted molar refractivity (Wildman–Crippen MR) is 50.9 cm³/mol. The van der Waals surface area contributed by atoms with Crippen molar-refractivity contribution in [1.29, 1.82) is 0 Å². The minimum atomic E-state index is -0.754. The molecule has 0 aliphatic carbocycles. The van der Waals surface area contributed by atoms with E-state index in [0.29, 0.717) is 6.61 Å². The number of aliphatic hydroxyl groups excluding tert-OH is 1. The van der Waals surface area contributed by atoms with E-state index in [0.717, 1.165) is 0 Å². The van der Waals surface area contributed by atoms with Crippen LogP contribution in [0.2, 0.25) is 0 Å². The highest BCUT2D eigenvalue weighted by atomic mass is 16.6. The van der Waals surface area contributed by atoms with Gasteiger partial charge in [-0.1, -0.05) is 0 Å². The summed E-state index contributed by atoms with van der Waals surface area (Å²) in [7, 11) is 0. The van der Waals surface area contributed by atoms with Gasteiger partial charge in [0.05, 0.1) is 25.6 Å². The van der Waals surface area contributed by atoms with E-state index in [9.17, 15) is 14.7 Å². The summed E-state index contributed by atoms with van der Waals surface area (Å²) in [6.45, 7) is 3.58. The van der Waals surface area contributed by atoms with Gasteiger partial charge in [-0.3, -0.25) is 9.59 Å². The van der Waals surface area contributed by atoms with Crippen molar-refractivity contribution >= 4 is 11.9 Å². The monoisotopic (exact) mass is 216 g/mol. The van der Waals surface area contributed by atoms with Gasteiger partial charge in [-0.15, -0.1) is 0 Å². The molecule has 0 bridgehead atoms. The van der Waals surface area contributed by atoms with E-state index in [1.807, 2.05) is 0 Å². The molecule has 5 heteroatoms. The Kier molecular flexibility index (Phi) is 4.08. The third-order valence-electron chi connectivity index (χ3n) is 2.37. The normalized spacial score (nSPS) is 27.3. The van der Waals surface area contributed by atoms with Crippen LogP contribution in [0.3, 0.4) is 0 Å². The zero-order valence-electron chi connectivity index (χ0n) is 8.93. The fraction of sp³-hybridized carbons (Fsp3) is 0.800. The Bertz CT molecular complexity index is 248. The standard InChI is InChI=1S/C10H16O5/c1-3-14-8(12)4-7-5-9(13)15-10(7)6(2)11/h6-7,10-11H,3-5H2,1-2H3/t6-,7-,10+/m0/s1. The lowest BCUT2D eigenvalue weighted by atomic mass is 9.94. The molecule has 0 amide bonds. The summed E-state index contributed by atoms with van der Waals surface area (Å²) in [5.74, 6) is -0.988. The van der Waals surface area contributed by atoms with Crippen molar-refractivity contribution in [3.05, 3.63) is 0 Å². The van der Waals surface area contributed by atoms with Crippen LogP contribution in [-0.4, -0.2) is 35.9 Å². The number of carbonyl (C=O) groups is 2. The molecule has 0 aromatic heterocycles. The molecule has 86 valence electrons. The summed E-state index contributed by atoms with van der Waals surface area (Å²) in [5.41, 5.74) is 0. The third-order valence-corrected chi connectivity index (χ3v) is 2.37. The average molecular weight is 216 g/mol. The number of carbonyl (C=O) groups excluding carboxylic acids is 2. The van der Waals surface area contributed by atoms with Crippen LogP contribution in [0, 0.1) is 5.92 Å². The van der Waals surface area contributed by atoms with Crippen LogP contribution >= 0.6 is 0 Å². The highest BCUT2D eigenvalue weighted by Crippen LogP contribution is 2.27. The van der Waals surface area contributed by atoms with Gasteiger partial charge in [-0.2, -0.15) is 0 Å². The van der Waals surface area contributed by atoms with Crippen LogP contribution < -0.4 is 0 Å². The van der Waals surface area contributed by atoms with E-state index >= 15 is 0 Å². The van der Waals surface area contributed by atoms with Crippen molar-refractivity contribution in [2.24, 2.45) is 5.92 Å². The topological polar surface area (TPSA) is 72.8 Å². The largest absolute Gasteiger partial charge is 0.466 e. The molecule has 0 aromatic rings. The molecule has 1 aliphatic heterocycles. The van der Waals surface area contributed by atoms with Crippen LogP contribution in [-0.2, 0) is 19.1 Å². The second kappa shape index (κ2) is 5.11. The van der Waals surface area contributed by atoms with Gasteiger partial charge in [-0.25, -0.2) is 0 Å². The quantitative estimate of drug-likeness (QED) is 0.682. The minimum absolute atomic E-state index is 0.120. The first-order chi connectivity index (χ1) is 7.04. The molecular weight excluding hydrogens is 200 g/mol. The van der Waals surface area contributed by atoms with E-state index < -0.39 is 12.2 Å². The first-order valence-electron chi connectivity index (χ1n) is 5.07. The maximum atomic E-state index is 11.2. The Morgan fingerprint density at radius 1 is 1.73 bits per heavy atom. The maximum absolute atomic E-state index is 11.2. The van der Waals surface area contributed by atoms with Gasteiger partial charge in [0.1, 0.15) is 6.10 Å². The number of esters is 2. The summed E-state index contributed by atoms with van der Waals surface area (Å²) in [5, 5.41) is 9.35. The van der Waals surface area contributed by atoms with Crippen molar-refractivity contribution in [3.63, 3.8) is 0 Å². The van der Waals surface area contributed by atoms with E-state index in [4.69, 9.17) is 9.47 Å². The minimum Gasteiger partial charge on any atom is -0.466 e. The number of cyclic esters (lactones) is 1. The molecule has 0 unspecified atom stereocenters. The van der Waals surface area contributed by atoms with Crippen molar-refractivity contribution in [2.45, 2.75) is 38.9 Å². The number of ether oxygens (including phenoxy) is 2. The van der Waals surface area contributed by atoms with Crippen LogP contribution in [0.1, 0.15) is 26.7 Å². The second-order valence-corrected chi connectivity index (χ2v) is 3.67. The number of hydrogen-bond acceptors (Lipinski definition) is 5. The third kappa shape index (κ3) is 3.20. The summed E-state index contributed by atoms with van der Waals surface area (Å²) in [6.07, 6.45) is -1.04. The zero-order valence-corrected chi connectivity index (χ0v) is 8.93. The van der Waals surface area contributed by atoms with Crippen LogP contribution in [0.4, 0.5) is 0 Å². The molecule has 1 heterocycles. The van der Waals surface area contributed by atoms with Crippen molar-refractivity contribution in [1.82, 2.24) is 0 Å². The summed E-state index contributed by atoms with van der Waals surface area (Å²) in [6, 6.07) is 0. The zero-order chi connectivity index (χ0) is 11.4. The Morgan fingerprint density at radius 2 is 2.40 bits per heavy atom. The lowest BCUT2D eigenvalue weighted by Gasteiger charge is -2.18. The average Bonchev–Trinajstić information content (AvgIpc) is 2.47. The Morgan fingerprint density at radius 3 is 2.93 bits per heavy atom. The fourth-order valence-corrected chi connectivity index (χ4v) is 1.74. The molecule has 1 aliphatic rings. The van der Waals surface area contributed by atoms with Gasteiger partial charge in [0, 0.05) is 5.92 Å². The Labute approximate surface area is 88.4 Å². The number of hydrogen-bond donors (Lipinski definition) is 1. The molecular formula is C10H16O5. The van der Waals surface area contributed by atoms with Crippen LogP contribution in [0.15, 0.2) is 0 Å². The fourth-order valence-electron chi connectivity index (χ4n) is 1.74. The van der Waals surface area contributed by atoms with E-state index in [2.05, 4.69) is 0 Å². The molecule has 3 atom stereocenters. The van der Waals surface area contributed by atoms with Crippen LogP contribution in [0.25, 0.3) is 0 Å². The molecule has 0 aromatic carbocycles. The molecule has 0 spiro atoms. The van der Waals surface area contributed by atoms with Gasteiger partial charge in [0.15, 0.2) is 0 Å². The first kappa shape index (κ1) is 12.0. The van der Waals surface area contributed by atoms with Gasteiger partial charge >= 0.3 is 11.9 Å². The SMILES string of the molecule is CCOC(=O)C[C@H]1CC(=O)O[C@@H]1[C@H](C)O. The van der Waals surface area contributed by atoms with E-state index in [-0.39, 0.29) is 30.7 Å². The Balaban J connectivity index is 2.52. The molecule has 1 saturated heterocycles. The van der Waals surface area contributed by atoms with Crippen LogP contribution in [0.5, 0.6) is 0 Å². The van der Waals surface area contributed by atoms with Crippen molar-refractivity contribution in [3.8, 4) is 0 Å². The summed E-state index contributed by atoms with van der Waals surface area (Å²) < 4.78 is 9.70. The molecule has 5 nitrogen and oxygen atoms in total. The molecule has 0 radical (unpaired) electrons. The lowest BCUT2D eigenvalue weighted by Crippen LogP contribution is -2.30. The van der Waals surface area contributed by atoms with Gasteiger partial charge in [0.2, 0.25) is 0 Å². The second-order valence-electron chi connectivity index (χ2n) is 3.67. The highest BCUT2D eigenvalue weighted by molar-refractivity contribution is 5.75. The van der Waals surface area contributed by atoms with Gasteiger partial charge < -0.3 is 14.6 Å². The van der Waals surface area contributed by atoms with Gasteiger partial charge in [-0.05, 0) is 13.8 Å². The van der Waals surface area contributed by atoms with E-state index in [1.165, 1.54) is 0 Å². The number of aliphatic hydroxyl groups is 1. The highest BCUT2D eigenvalue weighted by Gasteiger charge is 2.39. The molecule has 1 fully saturated rings. The summed E-state index contributed by atoms with van der Waals surface area (Å²) in [4.78, 5) is 22.2. The van der Waals surface area contributed by atoms with Crippen molar-refractivity contribution < 1.29 is 24.2 Å². The molecule has 1 rings (SSSR count). The lowest BCUT2D eigenvalue weighted by molar-refractivity contribution is -0.148. The Hall–Kier alpha value is -1.10. The molecule has 1 N–H and O–H groups in total. The summed E-state index contributed by atoms with van der Waals surface area (Å²) >= 11 is 0.